The van der Waals surface area contributed by atoms with Gasteiger partial charge in [-0.25, -0.2) is 9.97 Å². The van der Waals surface area contributed by atoms with E-state index in [2.05, 4.69) is 15.3 Å². The average Bonchev–Trinajstić information content (AvgIpc) is 2.83. The van der Waals surface area contributed by atoms with E-state index in [-0.39, 0.29) is 23.9 Å². The highest BCUT2D eigenvalue weighted by Crippen LogP contribution is 2.31. The Balaban J connectivity index is 1.71. The highest BCUT2D eigenvalue weighted by molar-refractivity contribution is 7.99. The van der Waals surface area contributed by atoms with E-state index >= 15 is 0 Å². The van der Waals surface area contributed by atoms with Gasteiger partial charge in [0.15, 0.2) is 5.16 Å². The molecule has 2 aromatic heterocycles. The second-order valence-corrected chi connectivity index (χ2v) is 5.80. The zero-order chi connectivity index (χ0) is 14.8. The molecule has 2 aromatic rings. The molecule has 0 aliphatic carbocycles. The van der Waals surface area contributed by atoms with Crippen LogP contribution < -0.4 is 10.9 Å². The molecule has 1 aliphatic heterocycles. The Labute approximate surface area is 125 Å². The number of carbonyl (C=O) groups excluding carboxylic acids is 1. The molecule has 1 aliphatic rings. The molecule has 0 spiro atoms. The molecule has 21 heavy (non-hydrogen) atoms. The Morgan fingerprint density at radius 3 is 3.14 bits per heavy atom. The number of nitrogens with zero attached hydrogens (tertiary/aromatic N) is 3. The van der Waals surface area contributed by atoms with Gasteiger partial charge in [-0.15, -0.1) is 0 Å². The monoisotopic (exact) mass is 302 g/mol. The standard InChI is InChI=1S/C14H14N4O2S/c1-9-3-2-4-11(16-9)17-12(19)7-10-8-21-14-15-6-5-13(20)18(10)14/h2-6,10H,7-8H2,1H3,(H,16,17,19). The SMILES string of the molecule is Cc1cccc(NC(=O)CC2CSc3nccc(=O)n32)n1. The van der Waals surface area contributed by atoms with E-state index in [1.165, 1.54) is 24.0 Å². The Bertz CT molecular complexity index is 744. The lowest BCUT2D eigenvalue weighted by Gasteiger charge is -2.12. The summed E-state index contributed by atoms with van der Waals surface area (Å²) in [7, 11) is 0. The smallest absolute Gasteiger partial charge is 0.254 e. The van der Waals surface area contributed by atoms with Gasteiger partial charge in [0.2, 0.25) is 5.91 Å². The number of aryl methyl sites for hydroxylation is 1. The van der Waals surface area contributed by atoms with E-state index in [9.17, 15) is 9.59 Å². The number of anilines is 1. The van der Waals surface area contributed by atoms with Gasteiger partial charge in [0.1, 0.15) is 5.82 Å². The van der Waals surface area contributed by atoms with Crippen LogP contribution in [-0.2, 0) is 4.79 Å². The molecular formula is C14H14N4O2S. The molecule has 3 rings (SSSR count). The number of nitrogens with one attached hydrogen (secondary N) is 1. The summed E-state index contributed by atoms with van der Waals surface area (Å²) >= 11 is 1.50. The summed E-state index contributed by atoms with van der Waals surface area (Å²) in [5, 5.41) is 3.44. The second-order valence-electron chi connectivity index (χ2n) is 4.82. The van der Waals surface area contributed by atoms with Gasteiger partial charge in [-0.3, -0.25) is 14.2 Å². The molecular weight excluding hydrogens is 288 g/mol. The van der Waals surface area contributed by atoms with Crippen molar-refractivity contribution in [2.24, 2.45) is 0 Å². The molecule has 6 nitrogen and oxygen atoms in total. The van der Waals surface area contributed by atoms with Crippen LogP contribution in [0.4, 0.5) is 5.82 Å². The van der Waals surface area contributed by atoms with Crippen molar-refractivity contribution < 1.29 is 4.79 Å². The number of aromatic nitrogens is 3. The first kappa shape index (κ1) is 13.8. The van der Waals surface area contributed by atoms with Crippen LogP contribution in [0.3, 0.4) is 0 Å². The Hall–Kier alpha value is -2.15. The maximum atomic E-state index is 12.1. The molecule has 108 valence electrons. The van der Waals surface area contributed by atoms with Crippen LogP contribution in [-0.4, -0.2) is 26.2 Å². The first-order valence-electron chi connectivity index (χ1n) is 6.57. The van der Waals surface area contributed by atoms with Gasteiger partial charge in [-0.05, 0) is 19.1 Å². The van der Waals surface area contributed by atoms with Crippen LogP contribution in [0.15, 0.2) is 40.4 Å². The highest BCUT2D eigenvalue weighted by atomic mass is 32.2. The van der Waals surface area contributed by atoms with Gasteiger partial charge < -0.3 is 5.32 Å². The van der Waals surface area contributed by atoms with Crippen LogP contribution in [0, 0.1) is 6.92 Å². The van der Waals surface area contributed by atoms with Crippen molar-refractivity contribution in [3.63, 3.8) is 0 Å². The van der Waals surface area contributed by atoms with Gasteiger partial charge in [0.05, 0.1) is 6.04 Å². The third-order valence-electron chi connectivity index (χ3n) is 3.19. The van der Waals surface area contributed by atoms with Crippen molar-refractivity contribution in [3.05, 3.63) is 46.5 Å². The molecule has 0 saturated carbocycles. The third-order valence-corrected chi connectivity index (χ3v) is 4.30. The van der Waals surface area contributed by atoms with Crippen LogP contribution in [0.25, 0.3) is 0 Å². The fourth-order valence-corrected chi connectivity index (χ4v) is 3.38. The number of hydrogen-bond donors (Lipinski definition) is 1. The fourth-order valence-electron chi connectivity index (χ4n) is 2.26. The largest absolute Gasteiger partial charge is 0.311 e. The third kappa shape index (κ3) is 2.97. The molecule has 1 amide bonds. The number of hydrogen-bond acceptors (Lipinski definition) is 5. The van der Waals surface area contributed by atoms with Crippen molar-refractivity contribution in [3.8, 4) is 0 Å². The maximum Gasteiger partial charge on any atom is 0.254 e. The normalized spacial score (nSPS) is 16.5. The van der Waals surface area contributed by atoms with Crippen molar-refractivity contribution in [1.82, 2.24) is 14.5 Å². The lowest BCUT2D eigenvalue weighted by Crippen LogP contribution is -2.27. The predicted molar refractivity (Wildman–Crippen MR) is 80.5 cm³/mol. The highest BCUT2D eigenvalue weighted by Gasteiger charge is 2.26. The van der Waals surface area contributed by atoms with E-state index in [4.69, 9.17) is 0 Å². The molecule has 0 radical (unpaired) electrons. The molecule has 7 heteroatoms. The molecule has 1 atom stereocenters. The Morgan fingerprint density at radius 1 is 1.48 bits per heavy atom. The molecule has 0 saturated heterocycles. The number of carbonyl (C=O) groups is 1. The van der Waals surface area contributed by atoms with Crippen molar-refractivity contribution in [2.75, 3.05) is 11.1 Å². The number of fused-ring (bicyclic) bond motifs is 1. The first-order valence-corrected chi connectivity index (χ1v) is 7.56. The van der Waals surface area contributed by atoms with E-state index in [1.54, 1.807) is 10.6 Å². The summed E-state index contributed by atoms with van der Waals surface area (Å²) in [6, 6.07) is 6.71. The van der Waals surface area contributed by atoms with E-state index < -0.39 is 0 Å². The fraction of sp³-hybridized carbons (Fsp3) is 0.286. The van der Waals surface area contributed by atoms with Crippen LogP contribution >= 0.6 is 11.8 Å². The molecule has 0 fully saturated rings. The predicted octanol–water partition coefficient (Wildman–Crippen LogP) is 1.62. The van der Waals surface area contributed by atoms with E-state index in [0.29, 0.717) is 16.7 Å². The van der Waals surface area contributed by atoms with Crippen molar-refractivity contribution >= 4 is 23.5 Å². The summed E-state index contributed by atoms with van der Waals surface area (Å²) in [5.74, 6) is 1.06. The summed E-state index contributed by atoms with van der Waals surface area (Å²) in [4.78, 5) is 32.4. The lowest BCUT2D eigenvalue weighted by molar-refractivity contribution is -0.116. The first-order chi connectivity index (χ1) is 10.1. The van der Waals surface area contributed by atoms with Crippen LogP contribution in [0.2, 0.25) is 0 Å². The molecule has 0 aromatic carbocycles. The number of thioether (sulfide) groups is 1. The minimum atomic E-state index is -0.156. The minimum Gasteiger partial charge on any atom is -0.311 e. The zero-order valence-electron chi connectivity index (χ0n) is 11.4. The number of rotatable bonds is 3. The minimum absolute atomic E-state index is 0.114. The number of pyridine rings is 1. The van der Waals surface area contributed by atoms with Crippen LogP contribution in [0.5, 0.6) is 0 Å². The van der Waals surface area contributed by atoms with Gasteiger partial charge in [-0.1, -0.05) is 17.8 Å². The van der Waals surface area contributed by atoms with E-state index in [0.717, 1.165) is 5.69 Å². The van der Waals surface area contributed by atoms with Crippen molar-refractivity contribution in [2.45, 2.75) is 24.5 Å². The van der Waals surface area contributed by atoms with Gasteiger partial charge >= 0.3 is 0 Å². The van der Waals surface area contributed by atoms with Gasteiger partial charge in [0.25, 0.3) is 5.56 Å². The topological polar surface area (TPSA) is 76.9 Å². The lowest BCUT2D eigenvalue weighted by atomic mass is 10.2. The van der Waals surface area contributed by atoms with Gasteiger partial charge in [-0.2, -0.15) is 0 Å². The maximum absolute atomic E-state index is 12.1. The van der Waals surface area contributed by atoms with Crippen molar-refractivity contribution in [1.29, 1.82) is 0 Å². The second kappa shape index (κ2) is 5.69. The quantitative estimate of drug-likeness (QED) is 0.872. The Kier molecular flexibility index (Phi) is 3.74. The summed E-state index contributed by atoms with van der Waals surface area (Å²) in [6.45, 7) is 1.87. The van der Waals surface area contributed by atoms with E-state index in [1.807, 2.05) is 19.1 Å². The van der Waals surface area contributed by atoms with Crippen LogP contribution in [0.1, 0.15) is 18.2 Å². The zero-order valence-corrected chi connectivity index (χ0v) is 12.3. The molecule has 0 bridgehead atoms. The average molecular weight is 302 g/mol. The van der Waals surface area contributed by atoms with Gasteiger partial charge in [0, 0.05) is 30.1 Å². The molecule has 1 N–H and O–H groups in total. The summed E-state index contributed by atoms with van der Waals surface area (Å²) in [6.07, 6.45) is 1.74. The Morgan fingerprint density at radius 2 is 2.33 bits per heavy atom. The molecule has 1 unspecified atom stereocenters. The summed E-state index contributed by atoms with van der Waals surface area (Å²) in [5.41, 5.74) is 0.728. The number of amides is 1. The molecule has 3 heterocycles. The summed E-state index contributed by atoms with van der Waals surface area (Å²) < 4.78 is 1.59.